The van der Waals surface area contributed by atoms with Gasteiger partial charge < -0.3 is 10.5 Å². The number of methoxy groups -OCH3 is 1. The van der Waals surface area contributed by atoms with Gasteiger partial charge in [0.1, 0.15) is 11.7 Å². The highest BCUT2D eigenvalue weighted by atomic mass is 16.5. The summed E-state index contributed by atoms with van der Waals surface area (Å²) in [6.07, 6.45) is 6.36. The second kappa shape index (κ2) is 4.63. The van der Waals surface area contributed by atoms with Gasteiger partial charge in [-0.1, -0.05) is 0 Å². The summed E-state index contributed by atoms with van der Waals surface area (Å²) in [6.45, 7) is 0. The van der Waals surface area contributed by atoms with Crippen molar-refractivity contribution in [2.75, 3.05) is 7.11 Å². The summed E-state index contributed by atoms with van der Waals surface area (Å²) in [5, 5.41) is 0. The van der Waals surface area contributed by atoms with Gasteiger partial charge in [-0.15, -0.1) is 0 Å². The Morgan fingerprint density at radius 2 is 1.75 bits per heavy atom. The van der Waals surface area contributed by atoms with Crippen LogP contribution in [-0.2, 0) is 0 Å². The molecule has 0 saturated heterocycles. The number of aromatic nitrogens is 4. The van der Waals surface area contributed by atoms with Gasteiger partial charge >= 0.3 is 0 Å². The molecule has 0 spiro atoms. The lowest BCUT2D eigenvalue weighted by atomic mass is 10.2. The molecule has 6 nitrogen and oxygen atoms in total. The van der Waals surface area contributed by atoms with E-state index >= 15 is 0 Å². The summed E-state index contributed by atoms with van der Waals surface area (Å²) in [5.41, 5.74) is 6.51. The number of hydrogen-bond acceptors (Lipinski definition) is 6. The molecular weight excluding hydrogens is 206 g/mol. The van der Waals surface area contributed by atoms with Crippen molar-refractivity contribution in [1.29, 1.82) is 0 Å². The third kappa shape index (κ3) is 1.96. The van der Waals surface area contributed by atoms with Crippen LogP contribution in [0.4, 0.5) is 0 Å². The van der Waals surface area contributed by atoms with Crippen LogP contribution < -0.4 is 10.5 Å². The van der Waals surface area contributed by atoms with Crippen LogP contribution in [-0.4, -0.2) is 27.0 Å². The van der Waals surface area contributed by atoms with Crippen molar-refractivity contribution in [2.24, 2.45) is 5.73 Å². The average molecular weight is 217 g/mol. The zero-order valence-corrected chi connectivity index (χ0v) is 8.74. The summed E-state index contributed by atoms with van der Waals surface area (Å²) in [6, 6.07) is 1.19. The van der Waals surface area contributed by atoms with E-state index in [-0.39, 0.29) is 0 Å². The van der Waals surface area contributed by atoms with Crippen molar-refractivity contribution in [1.82, 2.24) is 19.9 Å². The number of hydrogen-bond donors (Lipinski definition) is 1. The lowest BCUT2D eigenvalue weighted by Gasteiger charge is -2.11. The van der Waals surface area contributed by atoms with Gasteiger partial charge in [0, 0.05) is 24.8 Å². The quantitative estimate of drug-likeness (QED) is 0.796. The van der Waals surface area contributed by atoms with E-state index in [1.165, 1.54) is 7.11 Å². The van der Waals surface area contributed by atoms with Crippen LogP contribution in [0.2, 0.25) is 0 Å². The molecule has 0 radical (unpaired) electrons. The topological polar surface area (TPSA) is 86.8 Å². The van der Waals surface area contributed by atoms with Crippen molar-refractivity contribution < 1.29 is 4.74 Å². The maximum absolute atomic E-state index is 5.99. The third-order valence-electron chi connectivity index (χ3n) is 2.04. The minimum atomic E-state index is -0.537. The molecule has 0 aliphatic rings. The second-order valence-corrected chi connectivity index (χ2v) is 3.04. The molecule has 2 rings (SSSR count). The van der Waals surface area contributed by atoms with Crippen LogP contribution in [0, 0.1) is 0 Å². The number of nitrogens with zero attached hydrogens (tertiary/aromatic N) is 4. The molecular formula is C10H11N5O. The third-order valence-corrected chi connectivity index (χ3v) is 2.04. The normalized spacial score (nSPS) is 12.1. The van der Waals surface area contributed by atoms with Gasteiger partial charge in [0.05, 0.1) is 7.11 Å². The van der Waals surface area contributed by atoms with Gasteiger partial charge in [-0.25, -0.2) is 15.0 Å². The summed E-state index contributed by atoms with van der Waals surface area (Å²) in [5.74, 6) is 0.878. The zero-order valence-electron chi connectivity index (χ0n) is 8.74. The van der Waals surface area contributed by atoms with Crippen LogP contribution in [0.1, 0.15) is 17.6 Å². The fourth-order valence-corrected chi connectivity index (χ4v) is 1.30. The predicted octanol–water partition coefficient (Wildman–Crippen LogP) is 0.323. The first-order chi connectivity index (χ1) is 7.83. The molecule has 6 heteroatoms. The van der Waals surface area contributed by atoms with Crippen molar-refractivity contribution in [2.45, 2.75) is 6.04 Å². The Hall–Kier alpha value is -2.08. The summed E-state index contributed by atoms with van der Waals surface area (Å²) in [7, 11) is 1.52. The first-order valence-corrected chi connectivity index (χ1v) is 4.70. The SMILES string of the molecule is COc1nccnc1C(N)c1ncccn1. The molecule has 2 aromatic rings. The van der Waals surface area contributed by atoms with Crippen LogP contribution >= 0.6 is 0 Å². The fourth-order valence-electron chi connectivity index (χ4n) is 1.30. The van der Waals surface area contributed by atoms with Crippen molar-refractivity contribution >= 4 is 0 Å². The standard InChI is InChI=1S/C10H11N5O/c1-16-10-8(12-5-6-15-10)7(11)9-13-3-2-4-14-9/h2-7H,11H2,1H3. The lowest BCUT2D eigenvalue weighted by molar-refractivity contribution is 0.386. The van der Waals surface area contributed by atoms with Crippen molar-refractivity contribution in [3.05, 3.63) is 42.4 Å². The van der Waals surface area contributed by atoms with Gasteiger partial charge in [-0.05, 0) is 6.07 Å². The van der Waals surface area contributed by atoms with Crippen LogP contribution in [0.25, 0.3) is 0 Å². The predicted molar refractivity (Wildman–Crippen MR) is 56.6 cm³/mol. The Bertz CT molecular complexity index is 462. The average Bonchev–Trinajstić information content (AvgIpc) is 2.39. The first kappa shape index (κ1) is 10.4. The number of nitrogens with two attached hydrogens (primary N) is 1. The molecule has 2 N–H and O–H groups in total. The lowest BCUT2D eigenvalue weighted by Crippen LogP contribution is -2.18. The van der Waals surface area contributed by atoms with E-state index in [4.69, 9.17) is 10.5 Å². The van der Waals surface area contributed by atoms with Gasteiger partial charge in [-0.3, -0.25) is 4.98 Å². The Morgan fingerprint density at radius 1 is 1.06 bits per heavy atom. The van der Waals surface area contributed by atoms with Gasteiger partial charge in [0.15, 0.2) is 5.82 Å². The fraction of sp³-hybridized carbons (Fsp3) is 0.200. The van der Waals surface area contributed by atoms with E-state index < -0.39 is 6.04 Å². The van der Waals surface area contributed by atoms with E-state index in [0.717, 1.165) is 0 Å². The summed E-state index contributed by atoms with van der Waals surface area (Å²) in [4.78, 5) is 16.3. The number of rotatable bonds is 3. The van der Waals surface area contributed by atoms with Gasteiger partial charge in [-0.2, -0.15) is 0 Å². The summed E-state index contributed by atoms with van der Waals surface area (Å²) >= 11 is 0. The van der Waals surface area contributed by atoms with Gasteiger partial charge in [0.2, 0.25) is 5.88 Å². The molecule has 1 atom stereocenters. The van der Waals surface area contributed by atoms with E-state index in [2.05, 4.69) is 19.9 Å². The van der Waals surface area contributed by atoms with Crippen LogP contribution in [0.5, 0.6) is 5.88 Å². The maximum Gasteiger partial charge on any atom is 0.237 e. The molecule has 0 bridgehead atoms. The minimum absolute atomic E-state index is 0.391. The smallest absolute Gasteiger partial charge is 0.237 e. The summed E-state index contributed by atoms with van der Waals surface area (Å²) < 4.78 is 5.08. The van der Waals surface area contributed by atoms with Gasteiger partial charge in [0.25, 0.3) is 0 Å². The number of ether oxygens (including phenoxy) is 1. The molecule has 16 heavy (non-hydrogen) atoms. The van der Waals surface area contributed by atoms with E-state index in [0.29, 0.717) is 17.4 Å². The second-order valence-electron chi connectivity index (χ2n) is 3.04. The molecule has 0 saturated carbocycles. The highest BCUT2D eigenvalue weighted by Crippen LogP contribution is 2.20. The van der Waals surface area contributed by atoms with E-state index in [1.807, 2.05) is 0 Å². The molecule has 0 amide bonds. The monoisotopic (exact) mass is 217 g/mol. The Morgan fingerprint density at radius 3 is 2.44 bits per heavy atom. The molecule has 2 heterocycles. The largest absolute Gasteiger partial charge is 0.480 e. The molecule has 0 fully saturated rings. The molecule has 1 unspecified atom stereocenters. The highest BCUT2D eigenvalue weighted by Gasteiger charge is 2.18. The zero-order chi connectivity index (χ0) is 11.4. The first-order valence-electron chi connectivity index (χ1n) is 4.70. The Labute approximate surface area is 92.6 Å². The van der Waals surface area contributed by atoms with Crippen LogP contribution in [0.3, 0.4) is 0 Å². The Kier molecular flexibility index (Phi) is 3.02. The molecule has 0 aliphatic carbocycles. The van der Waals surface area contributed by atoms with Crippen molar-refractivity contribution in [3.8, 4) is 5.88 Å². The van der Waals surface area contributed by atoms with E-state index in [9.17, 15) is 0 Å². The molecule has 82 valence electrons. The Balaban J connectivity index is 2.37. The minimum Gasteiger partial charge on any atom is -0.480 e. The molecule has 0 aromatic carbocycles. The van der Waals surface area contributed by atoms with Crippen LogP contribution in [0.15, 0.2) is 30.9 Å². The van der Waals surface area contributed by atoms with E-state index in [1.54, 1.807) is 30.9 Å². The molecule has 0 aliphatic heterocycles. The van der Waals surface area contributed by atoms with Crippen molar-refractivity contribution in [3.63, 3.8) is 0 Å². The maximum atomic E-state index is 5.99. The molecule has 2 aromatic heterocycles. The highest BCUT2D eigenvalue weighted by molar-refractivity contribution is 5.25.